The SMILES string of the molecule is O=C(O)/C=C/CNC1CC=CC1. The van der Waals surface area contributed by atoms with Crippen LogP contribution in [0.1, 0.15) is 12.8 Å². The van der Waals surface area contributed by atoms with E-state index in [0.717, 1.165) is 18.9 Å². The van der Waals surface area contributed by atoms with Gasteiger partial charge in [-0.3, -0.25) is 0 Å². The van der Waals surface area contributed by atoms with E-state index >= 15 is 0 Å². The summed E-state index contributed by atoms with van der Waals surface area (Å²) in [6.45, 7) is 0.638. The third-order valence-corrected chi connectivity index (χ3v) is 1.79. The lowest BCUT2D eigenvalue weighted by molar-refractivity contribution is -0.131. The average Bonchev–Trinajstić information content (AvgIpc) is 2.49. The van der Waals surface area contributed by atoms with E-state index in [1.54, 1.807) is 6.08 Å². The van der Waals surface area contributed by atoms with Crippen molar-refractivity contribution < 1.29 is 9.90 Å². The Morgan fingerprint density at radius 3 is 2.83 bits per heavy atom. The van der Waals surface area contributed by atoms with Gasteiger partial charge in [0.05, 0.1) is 0 Å². The fourth-order valence-electron chi connectivity index (χ4n) is 1.18. The van der Waals surface area contributed by atoms with E-state index in [4.69, 9.17) is 5.11 Å². The predicted octanol–water partition coefficient (Wildman–Crippen LogP) is 0.935. The van der Waals surface area contributed by atoms with E-state index in [0.29, 0.717) is 12.6 Å². The Hall–Kier alpha value is -1.09. The molecule has 0 atom stereocenters. The van der Waals surface area contributed by atoms with Crippen LogP contribution >= 0.6 is 0 Å². The third kappa shape index (κ3) is 3.34. The molecule has 0 fully saturated rings. The van der Waals surface area contributed by atoms with Gasteiger partial charge in [-0.15, -0.1) is 0 Å². The lowest BCUT2D eigenvalue weighted by Crippen LogP contribution is -2.26. The number of rotatable bonds is 4. The first-order valence-corrected chi connectivity index (χ1v) is 4.07. The van der Waals surface area contributed by atoms with Crippen molar-refractivity contribution in [2.24, 2.45) is 0 Å². The Morgan fingerprint density at radius 2 is 2.25 bits per heavy atom. The standard InChI is InChI=1S/C9H13NO2/c11-9(12)6-3-7-10-8-4-1-2-5-8/h1-3,6,8,10H,4-5,7H2,(H,11,12)/b6-3+. The molecule has 0 aliphatic heterocycles. The highest BCUT2D eigenvalue weighted by atomic mass is 16.4. The van der Waals surface area contributed by atoms with Crippen molar-refractivity contribution in [3.63, 3.8) is 0 Å². The number of carbonyl (C=O) groups is 1. The zero-order valence-electron chi connectivity index (χ0n) is 6.86. The largest absolute Gasteiger partial charge is 0.478 e. The quantitative estimate of drug-likeness (QED) is 0.484. The first kappa shape index (κ1) is 9.00. The Balaban J connectivity index is 2.06. The number of carboxylic acids is 1. The molecule has 0 bridgehead atoms. The molecule has 3 nitrogen and oxygen atoms in total. The van der Waals surface area contributed by atoms with Crippen molar-refractivity contribution in [2.75, 3.05) is 6.54 Å². The van der Waals surface area contributed by atoms with Gasteiger partial charge >= 0.3 is 5.97 Å². The lowest BCUT2D eigenvalue weighted by Gasteiger charge is -2.08. The first-order chi connectivity index (χ1) is 5.79. The summed E-state index contributed by atoms with van der Waals surface area (Å²) in [5.41, 5.74) is 0. The molecule has 66 valence electrons. The number of hydrogen-bond acceptors (Lipinski definition) is 2. The maximum atomic E-state index is 10.1. The van der Waals surface area contributed by atoms with E-state index in [2.05, 4.69) is 17.5 Å². The summed E-state index contributed by atoms with van der Waals surface area (Å²) in [7, 11) is 0. The molecule has 0 aromatic rings. The van der Waals surface area contributed by atoms with Crippen LogP contribution in [0.3, 0.4) is 0 Å². The van der Waals surface area contributed by atoms with Crippen LogP contribution in [0.2, 0.25) is 0 Å². The van der Waals surface area contributed by atoms with Crippen molar-refractivity contribution in [1.29, 1.82) is 0 Å². The molecule has 0 amide bonds. The van der Waals surface area contributed by atoms with E-state index in [1.807, 2.05) is 0 Å². The van der Waals surface area contributed by atoms with Crippen molar-refractivity contribution in [2.45, 2.75) is 18.9 Å². The molecule has 0 unspecified atom stereocenters. The van der Waals surface area contributed by atoms with Crippen LogP contribution in [0.25, 0.3) is 0 Å². The Bertz CT molecular complexity index is 201. The molecule has 0 aromatic carbocycles. The summed E-state index contributed by atoms with van der Waals surface area (Å²) in [6, 6.07) is 0.503. The summed E-state index contributed by atoms with van der Waals surface area (Å²) < 4.78 is 0. The van der Waals surface area contributed by atoms with Crippen LogP contribution in [0.4, 0.5) is 0 Å². The normalized spacial score (nSPS) is 17.7. The molecule has 0 aromatic heterocycles. The molecular weight excluding hydrogens is 154 g/mol. The van der Waals surface area contributed by atoms with Crippen LogP contribution in [-0.4, -0.2) is 23.7 Å². The Morgan fingerprint density at radius 1 is 1.58 bits per heavy atom. The van der Waals surface area contributed by atoms with Gasteiger partial charge in [-0.25, -0.2) is 4.79 Å². The van der Waals surface area contributed by atoms with Gasteiger partial charge in [0.1, 0.15) is 0 Å². The average molecular weight is 167 g/mol. The molecule has 3 heteroatoms. The fraction of sp³-hybridized carbons (Fsp3) is 0.444. The van der Waals surface area contributed by atoms with Crippen molar-refractivity contribution >= 4 is 5.97 Å². The monoisotopic (exact) mass is 167 g/mol. The molecule has 1 rings (SSSR count). The second-order valence-corrected chi connectivity index (χ2v) is 2.79. The molecule has 12 heavy (non-hydrogen) atoms. The molecule has 1 aliphatic carbocycles. The summed E-state index contributed by atoms with van der Waals surface area (Å²) in [5, 5.41) is 11.5. The molecule has 1 aliphatic rings. The zero-order valence-corrected chi connectivity index (χ0v) is 6.86. The molecule has 0 saturated carbocycles. The van der Waals surface area contributed by atoms with Crippen LogP contribution in [0.5, 0.6) is 0 Å². The highest BCUT2D eigenvalue weighted by Crippen LogP contribution is 2.08. The summed E-state index contributed by atoms with van der Waals surface area (Å²) >= 11 is 0. The van der Waals surface area contributed by atoms with Crippen LogP contribution in [0, 0.1) is 0 Å². The Kier molecular flexibility index (Phi) is 3.54. The van der Waals surface area contributed by atoms with Gasteiger partial charge in [0, 0.05) is 18.7 Å². The first-order valence-electron chi connectivity index (χ1n) is 4.07. The van der Waals surface area contributed by atoms with Crippen LogP contribution < -0.4 is 5.32 Å². The molecule has 2 N–H and O–H groups in total. The van der Waals surface area contributed by atoms with Gasteiger partial charge in [-0.05, 0) is 12.8 Å². The smallest absolute Gasteiger partial charge is 0.328 e. The van der Waals surface area contributed by atoms with Gasteiger partial charge in [0.15, 0.2) is 0 Å². The van der Waals surface area contributed by atoms with E-state index in [1.165, 1.54) is 0 Å². The van der Waals surface area contributed by atoms with Crippen LogP contribution in [-0.2, 0) is 4.79 Å². The second-order valence-electron chi connectivity index (χ2n) is 2.79. The van der Waals surface area contributed by atoms with E-state index in [9.17, 15) is 4.79 Å². The Labute approximate surface area is 71.8 Å². The minimum atomic E-state index is -0.888. The fourth-order valence-corrected chi connectivity index (χ4v) is 1.18. The highest BCUT2D eigenvalue weighted by Gasteiger charge is 2.06. The zero-order chi connectivity index (χ0) is 8.81. The van der Waals surface area contributed by atoms with Gasteiger partial charge in [0.25, 0.3) is 0 Å². The van der Waals surface area contributed by atoms with Gasteiger partial charge in [0.2, 0.25) is 0 Å². The van der Waals surface area contributed by atoms with E-state index < -0.39 is 5.97 Å². The minimum Gasteiger partial charge on any atom is -0.478 e. The van der Waals surface area contributed by atoms with Crippen molar-refractivity contribution in [3.8, 4) is 0 Å². The van der Waals surface area contributed by atoms with Crippen LogP contribution in [0.15, 0.2) is 24.3 Å². The second kappa shape index (κ2) is 4.72. The van der Waals surface area contributed by atoms with Crippen molar-refractivity contribution in [3.05, 3.63) is 24.3 Å². The molecule has 0 radical (unpaired) electrons. The number of aliphatic carboxylic acids is 1. The third-order valence-electron chi connectivity index (χ3n) is 1.79. The predicted molar refractivity (Wildman–Crippen MR) is 46.9 cm³/mol. The molecule has 0 heterocycles. The van der Waals surface area contributed by atoms with Gasteiger partial charge in [-0.1, -0.05) is 18.2 Å². The molecule has 0 spiro atoms. The van der Waals surface area contributed by atoms with Gasteiger partial charge < -0.3 is 10.4 Å². The minimum absolute atomic E-state index is 0.503. The maximum absolute atomic E-state index is 10.1. The number of nitrogens with one attached hydrogen (secondary N) is 1. The topological polar surface area (TPSA) is 49.3 Å². The number of carboxylic acid groups (broad SMARTS) is 1. The number of hydrogen-bond donors (Lipinski definition) is 2. The van der Waals surface area contributed by atoms with E-state index in [-0.39, 0.29) is 0 Å². The molecular formula is C9H13NO2. The van der Waals surface area contributed by atoms with Gasteiger partial charge in [-0.2, -0.15) is 0 Å². The molecule has 0 saturated heterocycles. The maximum Gasteiger partial charge on any atom is 0.328 e. The summed E-state index contributed by atoms with van der Waals surface area (Å²) in [6.07, 6.45) is 9.18. The lowest BCUT2D eigenvalue weighted by atomic mass is 10.2. The summed E-state index contributed by atoms with van der Waals surface area (Å²) in [5.74, 6) is -0.888. The summed E-state index contributed by atoms with van der Waals surface area (Å²) in [4.78, 5) is 10.1. The van der Waals surface area contributed by atoms with Crippen molar-refractivity contribution in [1.82, 2.24) is 5.32 Å². The highest BCUT2D eigenvalue weighted by molar-refractivity contribution is 5.79.